The van der Waals surface area contributed by atoms with E-state index in [1.165, 1.54) is 0 Å². The number of hydrogen-bond acceptors (Lipinski definition) is 12. The van der Waals surface area contributed by atoms with E-state index < -0.39 is 0 Å². The Morgan fingerprint density at radius 2 is 1.38 bits per heavy atom. The van der Waals surface area contributed by atoms with Gasteiger partial charge in [-0.3, -0.25) is 0 Å². The van der Waals surface area contributed by atoms with Crippen LogP contribution in [0.5, 0.6) is 0 Å². The Morgan fingerprint density at radius 3 is 1.92 bits per heavy atom. The summed E-state index contributed by atoms with van der Waals surface area (Å²) >= 11 is 18.0. The molecular formula is C12H20O6S6. The van der Waals surface area contributed by atoms with Crippen LogP contribution in [0.2, 0.25) is 0 Å². The van der Waals surface area contributed by atoms with Gasteiger partial charge in [-0.25, -0.2) is 0 Å². The molecule has 0 radical (unpaired) electrons. The molecule has 0 spiro atoms. The monoisotopic (exact) mass is 452 g/mol. The lowest BCUT2D eigenvalue weighted by Gasteiger charge is -2.23. The molecule has 2 atom stereocenters. The van der Waals surface area contributed by atoms with Gasteiger partial charge >= 0.3 is 0 Å². The summed E-state index contributed by atoms with van der Waals surface area (Å²) in [5.74, 6) is -0.445. The van der Waals surface area contributed by atoms with E-state index in [-0.39, 0.29) is 43.2 Å². The van der Waals surface area contributed by atoms with E-state index in [9.17, 15) is 0 Å². The molecule has 0 aromatic rings. The Balaban J connectivity index is 4.42. The first-order chi connectivity index (χ1) is 11.4. The van der Waals surface area contributed by atoms with Crippen molar-refractivity contribution in [2.45, 2.75) is 32.0 Å². The quantitative estimate of drug-likeness (QED) is 0.336. The van der Waals surface area contributed by atoms with Crippen LogP contribution in [0.1, 0.15) is 19.8 Å². The number of thiocarbonyl (C=S) groups is 3. The van der Waals surface area contributed by atoms with Crippen LogP contribution in [0.25, 0.3) is 0 Å². The highest BCUT2D eigenvalue weighted by Gasteiger charge is 2.19. The van der Waals surface area contributed by atoms with Crippen LogP contribution in [-0.2, 0) is 14.2 Å². The molecule has 0 aromatic carbocycles. The first kappa shape index (κ1) is 24.6. The van der Waals surface area contributed by atoms with Crippen LogP contribution in [0.3, 0.4) is 0 Å². The van der Waals surface area contributed by atoms with Crippen molar-refractivity contribution in [2.24, 2.45) is 0 Å². The van der Waals surface area contributed by atoms with E-state index in [0.717, 1.165) is 35.3 Å². The van der Waals surface area contributed by atoms with Crippen molar-refractivity contribution in [3.8, 4) is 0 Å². The van der Waals surface area contributed by atoms with Gasteiger partial charge in [-0.2, -0.15) is 0 Å². The van der Waals surface area contributed by atoms with Crippen molar-refractivity contribution in [3.63, 3.8) is 0 Å². The average molecular weight is 453 g/mol. The largest absolute Gasteiger partial charge is 0.478 e. The van der Waals surface area contributed by atoms with Crippen LogP contribution in [-0.4, -0.2) is 65.1 Å². The van der Waals surface area contributed by atoms with Gasteiger partial charge in [0, 0.05) is 12.8 Å². The van der Waals surface area contributed by atoms with Gasteiger partial charge < -0.3 is 29.5 Å². The Bertz CT molecular complexity index is 396. The van der Waals surface area contributed by atoms with Crippen molar-refractivity contribution in [2.75, 3.05) is 24.4 Å². The molecule has 140 valence electrons. The summed E-state index contributed by atoms with van der Waals surface area (Å²) in [6.07, 6.45) is 0.422. The fourth-order valence-electron chi connectivity index (χ4n) is 1.49. The molecule has 0 saturated heterocycles. The van der Waals surface area contributed by atoms with Crippen LogP contribution in [0, 0.1) is 0 Å². The first-order valence-corrected chi connectivity index (χ1v) is 10.9. The lowest BCUT2D eigenvalue weighted by atomic mass is 10.1. The lowest BCUT2D eigenvalue weighted by Crippen LogP contribution is -2.25. The molecule has 24 heavy (non-hydrogen) atoms. The predicted octanol–water partition coefficient (Wildman–Crippen LogP) is 2.48. The van der Waals surface area contributed by atoms with E-state index in [2.05, 4.69) is 0 Å². The highest BCUT2D eigenvalue weighted by Crippen LogP contribution is 2.18. The summed E-state index contributed by atoms with van der Waals surface area (Å²) in [6.45, 7) is 2.13. The normalized spacial score (nSPS) is 13.0. The minimum absolute atomic E-state index is 0.138. The molecule has 0 fully saturated rings. The van der Waals surface area contributed by atoms with Gasteiger partial charge in [0.05, 0.1) is 24.4 Å². The molecular weight excluding hydrogens is 433 g/mol. The van der Waals surface area contributed by atoms with Crippen molar-refractivity contribution in [1.29, 1.82) is 0 Å². The predicted molar refractivity (Wildman–Crippen MR) is 112 cm³/mol. The minimum atomic E-state index is -0.310. The summed E-state index contributed by atoms with van der Waals surface area (Å²) in [4.78, 5) is 0. The highest BCUT2D eigenvalue weighted by atomic mass is 32.2. The zero-order chi connectivity index (χ0) is 18.4. The van der Waals surface area contributed by atoms with E-state index in [0.29, 0.717) is 19.4 Å². The van der Waals surface area contributed by atoms with Crippen molar-refractivity contribution in [3.05, 3.63) is 0 Å². The standard InChI is InChI=1S/C12H20O6S6/c1-8(17-11(20)23-6-14)4-9(18-12(21)24-7-15)2-3-16-10(19)22-5-13/h8-9,13-15H,2-7H2,1H3. The van der Waals surface area contributed by atoms with Crippen LogP contribution >= 0.6 is 71.9 Å². The Labute approximate surface area is 170 Å². The van der Waals surface area contributed by atoms with Gasteiger partial charge in [-0.05, 0) is 78.9 Å². The summed E-state index contributed by atoms with van der Waals surface area (Å²) in [5.41, 5.74) is 0. The zero-order valence-corrected chi connectivity index (χ0v) is 17.8. The molecule has 0 saturated carbocycles. The number of aliphatic hydroxyl groups excluding tert-OH is 3. The SMILES string of the molecule is CC(CC(CCOC(=S)SCO)OC(=S)SCO)OC(=S)SCO. The van der Waals surface area contributed by atoms with Gasteiger partial charge in [0.15, 0.2) is 0 Å². The highest BCUT2D eigenvalue weighted by molar-refractivity contribution is 8.23. The van der Waals surface area contributed by atoms with Crippen molar-refractivity contribution >= 4 is 85.1 Å². The summed E-state index contributed by atoms with van der Waals surface area (Å²) < 4.78 is 17.2. The fourth-order valence-corrected chi connectivity index (χ4v) is 3.26. The fraction of sp³-hybridized carbons (Fsp3) is 0.750. The molecule has 2 unspecified atom stereocenters. The van der Waals surface area contributed by atoms with Gasteiger partial charge in [0.1, 0.15) is 12.2 Å². The van der Waals surface area contributed by atoms with Gasteiger partial charge in [0.2, 0.25) is 13.1 Å². The number of ether oxygens (including phenoxy) is 3. The minimum Gasteiger partial charge on any atom is -0.478 e. The van der Waals surface area contributed by atoms with Crippen LogP contribution < -0.4 is 0 Å². The van der Waals surface area contributed by atoms with Gasteiger partial charge in [-0.1, -0.05) is 0 Å². The van der Waals surface area contributed by atoms with Crippen LogP contribution in [0.4, 0.5) is 0 Å². The molecule has 0 aliphatic carbocycles. The Kier molecular flexibility index (Phi) is 16.2. The second kappa shape index (κ2) is 15.8. The molecule has 0 bridgehead atoms. The maximum atomic E-state index is 8.88. The van der Waals surface area contributed by atoms with Crippen molar-refractivity contribution in [1.82, 2.24) is 0 Å². The molecule has 0 aliphatic rings. The molecule has 0 heterocycles. The van der Waals surface area contributed by atoms with Crippen LogP contribution in [0.15, 0.2) is 0 Å². The first-order valence-electron chi connectivity index (χ1n) is 6.71. The van der Waals surface area contributed by atoms with Crippen molar-refractivity contribution < 1.29 is 29.5 Å². The smallest absolute Gasteiger partial charge is 0.222 e. The molecule has 6 nitrogen and oxygen atoms in total. The Hall–Kier alpha value is 0.600. The Morgan fingerprint density at radius 1 is 0.875 bits per heavy atom. The maximum Gasteiger partial charge on any atom is 0.222 e. The number of aliphatic hydroxyl groups is 3. The summed E-state index contributed by atoms with van der Waals surface area (Å²) in [6, 6.07) is 0. The third-order valence-corrected chi connectivity index (χ3v) is 5.14. The molecule has 3 N–H and O–H groups in total. The zero-order valence-electron chi connectivity index (χ0n) is 12.9. The third kappa shape index (κ3) is 13.8. The second-order valence-corrected chi connectivity index (χ2v) is 8.75. The molecule has 0 aromatic heterocycles. The number of rotatable bonds is 10. The molecule has 0 amide bonds. The average Bonchev–Trinajstić information content (AvgIpc) is 2.47. The molecule has 0 rings (SSSR count). The molecule has 0 aliphatic heterocycles. The van der Waals surface area contributed by atoms with E-state index >= 15 is 0 Å². The summed E-state index contributed by atoms with van der Waals surface area (Å²) in [5, 5.41) is 26.4. The maximum absolute atomic E-state index is 8.88. The van der Waals surface area contributed by atoms with E-state index in [1.807, 2.05) is 6.92 Å². The second-order valence-electron chi connectivity index (χ2n) is 4.11. The third-order valence-electron chi connectivity index (χ3n) is 2.36. The molecule has 12 heteroatoms. The lowest BCUT2D eigenvalue weighted by molar-refractivity contribution is 0.0973. The van der Waals surface area contributed by atoms with E-state index in [1.54, 1.807) is 0 Å². The van der Waals surface area contributed by atoms with E-state index in [4.69, 9.17) is 66.2 Å². The van der Waals surface area contributed by atoms with Gasteiger partial charge in [0.25, 0.3) is 0 Å². The number of thioether (sulfide) groups is 3. The number of hydrogen-bond donors (Lipinski definition) is 3. The summed E-state index contributed by atoms with van der Waals surface area (Å²) in [7, 11) is 0. The topological polar surface area (TPSA) is 88.4 Å². The van der Waals surface area contributed by atoms with Gasteiger partial charge in [-0.15, -0.1) is 0 Å².